The maximum atomic E-state index is 13.0. The molecule has 6 nitrogen and oxygen atoms in total. The molecule has 1 aliphatic rings. The average molecular weight is 390 g/mol. The number of nitrogens with one attached hydrogen (secondary N) is 1. The first-order valence-electron chi connectivity index (χ1n) is 9.48. The fraction of sp³-hybridized carbons (Fsp3) is 0.450. The van der Waals surface area contributed by atoms with Gasteiger partial charge in [-0.3, -0.25) is 9.69 Å². The molecule has 27 heavy (non-hydrogen) atoms. The normalized spacial score (nSPS) is 16.5. The van der Waals surface area contributed by atoms with E-state index in [-0.39, 0.29) is 5.91 Å². The molecule has 1 fully saturated rings. The highest BCUT2D eigenvalue weighted by molar-refractivity contribution is 7.89. The van der Waals surface area contributed by atoms with Crippen molar-refractivity contribution in [1.29, 1.82) is 0 Å². The van der Waals surface area contributed by atoms with Gasteiger partial charge in [-0.15, -0.1) is 0 Å². The predicted octanol–water partition coefficient (Wildman–Crippen LogP) is 2.06. The van der Waals surface area contributed by atoms with E-state index in [0.29, 0.717) is 44.2 Å². The largest absolute Gasteiger partial charge is 0.355 e. The van der Waals surface area contributed by atoms with Crippen LogP contribution in [-0.2, 0) is 14.8 Å². The fourth-order valence-corrected chi connectivity index (χ4v) is 4.73. The monoisotopic (exact) mass is 389 g/mol. The van der Waals surface area contributed by atoms with E-state index in [0.717, 1.165) is 23.6 Å². The molecule has 1 saturated heterocycles. The van der Waals surface area contributed by atoms with Crippen LogP contribution in [0.4, 0.5) is 0 Å². The minimum Gasteiger partial charge on any atom is -0.355 e. The molecule has 0 aliphatic carbocycles. The van der Waals surface area contributed by atoms with Gasteiger partial charge in [-0.25, -0.2) is 8.42 Å². The SMILES string of the molecule is CCCCNC(=O)CN1CCN(S(=O)(=O)c2ccc3ccccc3c2)CC1. The van der Waals surface area contributed by atoms with Crippen molar-refractivity contribution in [2.24, 2.45) is 0 Å². The molecule has 2 aromatic rings. The predicted molar refractivity (Wildman–Crippen MR) is 107 cm³/mol. The molecule has 3 rings (SSSR count). The molecule has 2 aromatic carbocycles. The van der Waals surface area contributed by atoms with Crippen molar-refractivity contribution >= 4 is 26.7 Å². The fourth-order valence-electron chi connectivity index (χ4n) is 3.27. The van der Waals surface area contributed by atoms with Crippen molar-refractivity contribution in [2.75, 3.05) is 39.3 Å². The zero-order valence-electron chi connectivity index (χ0n) is 15.7. The highest BCUT2D eigenvalue weighted by Gasteiger charge is 2.29. The second-order valence-electron chi connectivity index (χ2n) is 6.89. The van der Waals surface area contributed by atoms with Crippen molar-refractivity contribution in [2.45, 2.75) is 24.7 Å². The standard InChI is InChI=1S/C20H27N3O3S/c1-2-3-10-21-20(24)16-22-11-13-23(14-12-22)27(25,26)19-9-8-17-6-4-5-7-18(17)15-19/h4-9,15H,2-3,10-14,16H2,1H3,(H,21,24). The number of nitrogens with zero attached hydrogens (tertiary/aromatic N) is 2. The molecule has 1 heterocycles. The first-order valence-corrected chi connectivity index (χ1v) is 10.9. The summed E-state index contributed by atoms with van der Waals surface area (Å²) in [6.07, 6.45) is 2.02. The summed E-state index contributed by atoms with van der Waals surface area (Å²) in [6.45, 7) is 5.04. The van der Waals surface area contributed by atoms with Gasteiger partial charge in [-0.1, -0.05) is 43.7 Å². The molecular weight excluding hydrogens is 362 g/mol. The van der Waals surface area contributed by atoms with Crippen molar-refractivity contribution in [3.05, 3.63) is 42.5 Å². The van der Waals surface area contributed by atoms with E-state index in [4.69, 9.17) is 0 Å². The number of carbonyl (C=O) groups excluding carboxylic acids is 1. The van der Waals surface area contributed by atoms with Crippen molar-refractivity contribution in [3.8, 4) is 0 Å². The minimum atomic E-state index is -3.52. The van der Waals surface area contributed by atoms with E-state index in [9.17, 15) is 13.2 Å². The summed E-state index contributed by atoms with van der Waals surface area (Å²) >= 11 is 0. The number of carbonyl (C=O) groups is 1. The van der Waals surface area contributed by atoms with Gasteiger partial charge in [-0.05, 0) is 29.3 Å². The lowest BCUT2D eigenvalue weighted by Gasteiger charge is -2.33. The summed E-state index contributed by atoms with van der Waals surface area (Å²) in [6, 6.07) is 13.0. The van der Waals surface area contributed by atoms with Crippen molar-refractivity contribution < 1.29 is 13.2 Å². The topological polar surface area (TPSA) is 69.7 Å². The Labute approximate surface area is 161 Å². The average Bonchev–Trinajstić information content (AvgIpc) is 2.68. The second kappa shape index (κ2) is 8.82. The highest BCUT2D eigenvalue weighted by Crippen LogP contribution is 2.22. The Kier molecular flexibility index (Phi) is 6.46. The molecule has 0 saturated carbocycles. The van der Waals surface area contributed by atoms with Crippen LogP contribution >= 0.6 is 0 Å². The molecule has 0 bridgehead atoms. The summed E-state index contributed by atoms with van der Waals surface area (Å²) in [5.41, 5.74) is 0. The first-order chi connectivity index (χ1) is 13.0. The molecule has 1 amide bonds. The molecule has 0 atom stereocenters. The van der Waals surface area contributed by atoms with Crippen LogP contribution in [0.2, 0.25) is 0 Å². The summed E-state index contributed by atoms with van der Waals surface area (Å²) in [5, 5.41) is 4.84. The number of hydrogen-bond acceptors (Lipinski definition) is 4. The maximum Gasteiger partial charge on any atom is 0.243 e. The van der Waals surface area contributed by atoms with Crippen LogP contribution in [0.5, 0.6) is 0 Å². The third-order valence-electron chi connectivity index (χ3n) is 4.91. The summed E-state index contributed by atoms with van der Waals surface area (Å²) in [5.74, 6) is 0.00860. The van der Waals surface area contributed by atoms with Gasteiger partial charge in [0.2, 0.25) is 15.9 Å². The van der Waals surface area contributed by atoms with Gasteiger partial charge in [0.05, 0.1) is 11.4 Å². The molecule has 1 aliphatic heterocycles. The van der Waals surface area contributed by atoms with E-state index in [1.54, 1.807) is 12.1 Å². The minimum absolute atomic E-state index is 0.00860. The molecule has 1 N–H and O–H groups in total. The van der Waals surface area contributed by atoms with Crippen molar-refractivity contribution in [3.63, 3.8) is 0 Å². The van der Waals surface area contributed by atoms with Crippen LogP contribution in [0.15, 0.2) is 47.4 Å². The Morgan fingerprint density at radius 3 is 2.44 bits per heavy atom. The zero-order valence-corrected chi connectivity index (χ0v) is 16.5. The van der Waals surface area contributed by atoms with Crippen LogP contribution in [0, 0.1) is 0 Å². The lowest BCUT2D eigenvalue weighted by Crippen LogP contribution is -2.51. The summed E-state index contributed by atoms with van der Waals surface area (Å²) in [4.78, 5) is 14.3. The smallest absolute Gasteiger partial charge is 0.243 e. The number of piperazine rings is 1. The molecule has 0 radical (unpaired) electrons. The van der Waals surface area contributed by atoms with Gasteiger partial charge in [0.1, 0.15) is 0 Å². The van der Waals surface area contributed by atoms with E-state index >= 15 is 0 Å². The van der Waals surface area contributed by atoms with E-state index in [1.165, 1.54) is 4.31 Å². The number of rotatable bonds is 7. The number of hydrogen-bond donors (Lipinski definition) is 1. The third kappa shape index (κ3) is 4.86. The van der Waals surface area contributed by atoms with Gasteiger partial charge >= 0.3 is 0 Å². The Morgan fingerprint density at radius 1 is 1.04 bits per heavy atom. The molecular formula is C20H27N3O3S. The molecule has 7 heteroatoms. The maximum absolute atomic E-state index is 13.0. The lowest BCUT2D eigenvalue weighted by atomic mass is 10.1. The Hall–Kier alpha value is -1.96. The number of amides is 1. The van der Waals surface area contributed by atoms with E-state index in [1.807, 2.05) is 35.2 Å². The molecule has 146 valence electrons. The third-order valence-corrected chi connectivity index (χ3v) is 6.80. The number of benzene rings is 2. The van der Waals surface area contributed by atoms with E-state index < -0.39 is 10.0 Å². The molecule has 0 aromatic heterocycles. The van der Waals surface area contributed by atoms with Crippen LogP contribution in [0.1, 0.15) is 19.8 Å². The quantitative estimate of drug-likeness (QED) is 0.736. The Bertz CT molecular complexity index is 890. The van der Waals surface area contributed by atoms with Crippen molar-refractivity contribution in [1.82, 2.24) is 14.5 Å². The van der Waals surface area contributed by atoms with Crippen LogP contribution in [0.3, 0.4) is 0 Å². The number of sulfonamides is 1. The molecule has 0 spiro atoms. The van der Waals surface area contributed by atoms with Gasteiger partial charge < -0.3 is 5.32 Å². The van der Waals surface area contributed by atoms with Crippen LogP contribution in [-0.4, -0.2) is 62.8 Å². The van der Waals surface area contributed by atoms with E-state index in [2.05, 4.69) is 12.2 Å². The summed E-state index contributed by atoms with van der Waals surface area (Å²) in [7, 11) is -3.52. The van der Waals surface area contributed by atoms with Crippen LogP contribution in [0.25, 0.3) is 10.8 Å². The molecule has 0 unspecified atom stereocenters. The van der Waals surface area contributed by atoms with Gasteiger partial charge in [0.25, 0.3) is 0 Å². The first kappa shape index (κ1) is 19.8. The number of fused-ring (bicyclic) bond motifs is 1. The zero-order chi connectivity index (χ0) is 19.3. The second-order valence-corrected chi connectivity index (χ2v) is 8.83. The van der Waals surface area contributed by atoms with Gasteiger partial charge in [-0.2, -0.15) is 4.31 Å². The Morgan fingerprint density at radius 2 is 1.74 bits per heavy atom. The lowest BCUT2D eigenvalue weighted by molar-refractivity contribution is -0.122. The Balaban J connectivity index is 1.60. The summed E-state index contributed by atoms with van der Waals surface area (Å²) < 4.78 is 27.4. The van der Waals surface area contributed by atoms with Gasteiger partial charge in [0, 0.05) is 32.7 Å². The van der Waals surface area contributed by atoms with Crippen LogP contribution < -0.4 is 5.32 Å². The van der Waals surface area contributed by atoms with Gasteiger partial charge in [0.15, 0.2) is 0 Å². The highest BCUT2D eigenvalue weighted by atomic mass is 32.2. The number of unbranched alkanes of at least 4 members (excludes halogenated alkanes) is 1.